The van der Waals surface area contributed by atoms with Crippen molar-refractivity contribution in [1.29, 1.82) is 0 Å². The van der Waals surface area contributed by atoms with Gasteiger partial charge in [0.1, 0.15) is 10.7 Å². The zero-order chi connectivity index (χ0) is 9.42. The van der Waals surface area contributed by atoms with Crippen LogP contribution in [-0.4, -0.2) is 15.7 Å². The predicted molar refractivity (Wildman–Crippen MR) is 49.7 cm³/mol. The van der Waals surface area contributed by atoms with Gasteiger partial charge >= 0.3 is 0 Å². The second-order valence-electron chi connectivity index (χ2n) is 2.29. The normalized spacial score (nSPS) is 10.5. The minimum Gasteiger partial charge on any atom is -0.298 e. The van der Waals surface area contributed by atoms with E-state index in [0.29, 0.717) is 11.2 Å². The monoisotopic (exact) mass is 214 g/mol. The first-order chi connectivity index (χ1) is 6.24. The second-order valence-corrected chi connectivity index (χ2v) is 3.53. The lowest BCUT2D eigenvalue weighted by molar-refractivity contribution is 0.112. The van der Waals surface area contributed by atoms with Crippen molar-refractivity contribution in [1.82, 2.24) is 9.38 Å². The quantitative estimate of drug-likeness (QED) is 0.530. The Bertz CT molecular complexity index is 531. The zero-order valence-corrected chi connectivity index (χ0v) is 7.80. The molecule has 0 saturated heterocycles. The Morgan fingerprint density at radius 3 is 3.08 bits per heavy atom. The number of hydrogen-bond donors (Lipinski definition) is 0. The van der Waals surface area contributed by atoms with Gasteiger partial charge in [0.05, 0.1) is 0 Å². The lowest BCUT2D eigenvalue weighted by Gasteiger charge is -1.95. The molecule has 4 nitrogen and oxygen atoms in total. The zero-order valence-electron chi connectivity index (χ0n) is 6.23. The summed E-state index contributed by atoms with van der Waals surface area (Å²) in [5.41, 5.74) is -0.524. The van der Waals surface area contributed by atoms with Gasteiger partial charge in [-0.25, -0.2) is 4.98 Å². The molecule has 2 rings (SSSR count). The summed E-state index contributed by atoms with van der Waals surface area (Å²) in [7, 11) is 0. The van der Waals surface area contributed by atoms with Crippen LogP contribution < -0.4 is 5.56 Å². The number of thiazole rings is 1. The average Bonchev–Trinajstić information content (AvgIpc) is 2.53. The fourth-order valence-electron chi connectivity index (χ4n) is 0.969. The molecule has 0 spiro atoms. The smallest absolute Gasteiger partial charge is 0.270 e. The molecule has 0 aliphatic heterocycles. The molecule has 0 N–H and O–H groups in total. The summed E-state index contributed by atoms with van der Waals surface area (Å²) < 4.78 is 1.29. The highest BCUT2D eigenvalue weighted by atomic mass is 35.5. The van der Waals surface area contributed by atoms with Crippen molar-refractivity contribution in [2.24, 2.45) is 0 Å². The van der Waals surface area contributed by atoms with Gasteiger partial charge in [0, 0.05) is 11.6 Å². The minimum absolute atomic E-state index is 0.0394. The lowest BCUT2D eigenvalue weighted by atomic mass is 10.4. The van der Waals surface area contributed by atoms with Crippen LogP contribution in [0.3, 0.4) is 0 Å². The number of aromatic nitrogens is 2. The van der Waals surface area contributed by atoms with Crippen LogP contribution in [-0.2, 0) is 0 Å². The van der Waals surface area contributed by atoms with Gasteiger partial charge in [-0.05, 0) is 0 Å². The van der Waals surface area contributed by atoms with Crippen LogP contribution in [0, 0.1) is 0 Å². The van der Waals surface area contributed by atoms with Gasteiger partial charge in [-0.15, -0.1) is 11.3 Å². The Kier molecular flexibility index (Phi) is 1.90. The van der Waals surface area contributed by atoms with E-state index in [1.54, 1.807) is 11.6 Å². The van der Waals surface area contributed by atoms with Crippen molar-refractivity contribution in [2.75, 3.05) is 0 Å². The number of hydrogen-bond acceptors (Lipinski definition) is 4. The molecule has 2 aromatic heterocycles. The van der Waals surface area contributed by atoms with E-state index in [1.165, 1.54) is 15.7 Å². The molecular weight excluding hydrogens is 212 g/mol. The Labute approximate surface area is 81.4 Å². The lowest BCUT2D eigenvalue weighted by Crippen LogP contribution is -2.17. The SMILES string of the molecule is O=Cc1c(Cl)nc2sccn2c1=O. The summed E-state index contributed by atoms with van der Waals surface area (Å²) >= 11 is 6.90. The van der Waals surface area contributed by atoms with Gasteiger partial charge in [0.25, 0.3) is 5.56 Å². The molecule has 0 atom stereocenters. The molecule has 0 aliphatic carbocycles. The predicted octanol–water partition coefficient (Wildman–Crippen LogP) is 1.22. The van der Waals surface area contributed by atoms with Crippen LogP contribution in [0.2, 0.25) is 5.15 Å². The molecule has 0 aromatic carbocycles. The first-order valence-corrected chi connectivity index (χ1v) is 4.60. The summed E-state index contributed by atoms with van der Waals surface area (Å²) in [5.74, 6) is 0. The molecule has 13 heavy (non-hydrogen) atoms. The molecule has 0 aliphatic rings. The maximum atomic E-state index is 11.5. The standard InChI is InChI=1S/C7H3ClN2O2S/c8-5-4(3-11)6(12)10-1-2-13-7(10)9-5/h1-3H. The Morgan fingerprint density at radius 2 is 2.38 bits per heavy atom. The fourth-order valence-corrected chi connectivity index (χ4v) is 1.93. The van der Waals surface area contributed by atoms with Gasteiger partial charge in [0.2, 0.25) is 0 Å². The van der Waals surface area contributed by atoms with E-state index in [-0.39, 0.29) is 10.7 Å². The van der Waals surface area contributed by atoms with Gasteiger partial charge in [-0.3, -0.25) is 14.0 Å². The van der Waals surface area contributed by atoms with E-state index in [4.69, 9.17) is 11.6 Å². The second kappa shape index (κ2) is 2.93. The number of rotatable bonds is 1. The van der Waals surface area contributed by atoms with Gasteiger partial charge in [0.15, 0.2) is 11.2 Å². The topological polar surface area (TPSA) is 51.4 Å². The van der Waals surface area contributed by atoms with E-state index in [1.807, 2.05) is 0 Å². The number of nitrogens with zero attached hydrogens (tertiary/aromatic N) is 2. The number of carbonyl (C=O) groups is 1. The van der Waals surface area contributed by atoms with Crippen molar-refractivity contribution >= 4 is 34.2 Å². The number of halogens is 1. The highest BCUT2D eigenvalue weighted by molar-refractivity contribution is 7.15. The third-order valence-electron chi connectivity index (χ3n) is 1.57. The maximum Gasteiger partial charge on any atom is 0.270 e. The Morgan fingerprint density at radius 1 is 1.62 bits per heavy atom. The first kappa shape index (κ1) is 8.40. The number of aldehydes is 1. The van der Waals surface area contributed by atoms with Crippen molar-refractivity contribution in [2.45, 2.75) is 0 Å². The Hall–Kier alpha value is -1.20. The largest absolute Gasteiger partial charge is 0.298 e. The summed E-state index contributed by atoms with van der Waals surface area (Å²) in [4.78, 5) is 26.3. The molecule has 0 bridgehead atoms. The molecule has 66 valence electrons. The van der Waals surface area contributed by atoms with Gasteiger partial charge < -0.3 is 0 Å². The van der Waals surface area contributed by atoms with Crippen LogP contribution >= 0.6 is 22.9 Å². The van der Waals surface area contributed by atoms with E-state index in [0.717, 1.165) is 0 Å². The van der Waals surface area contributed by atoms with Crippen LogP contribution in [0.4, 0.5) is 0 Å². The highest BCUT2D eigenvalue weighted by Crippen LogP contribution is 2.12. The van der Waals surface area contributed by atoms with Crippen molar-refractivity contribution in [3.05, 3.63) is 32.6 Å². The molecule has 0 unspecified atom stereocenters. The van der Waals surface area contributed by atoms with E-state index >= 15 is 0 Å². The number of fused-ring (bicyclic) bond motifs is 1. The third kappa shape index (κ3) is 1.16. The van der Waals surface area contributed by atoms with Gasteiger partial charge in [-0.1, -0.05) is 11.6 Å². The molecule has 0 radical (unpaired) electrons. The third-order valence-corrected chi connectivity index (χ3v) is 2.62. The highest BCUT2D eigenvalue weighted by Gasteiger charge is 2.09. The van der Waals surface area contributed by atoms with Crippen LogP contribution in [0.5, 0.6) is 0 Å². The molecule has 6 heteroatoms. The van der Waals surface area contributed by atoms with Gasteiger partial charge in [-0.2, -0.15) is 0 Å². The van der Waals surface area contributed by atoms with E-state index in [2.05, 4.69) is 4.98 Å². The summed E-state index contributed by atoms with van der Waals surface area (Å²) in [5, 5.41) is 1.66. The van der Waals surface area contributed by atoms with Crippen molar-refractivity contribution < 1.29 is 4.79 Å². The summed E-state index contributed by atoms with van der Waals surface area (Å²) in [6.07, 6.45) is 1.97. The van der Waals surface area contributed by atoms with Crippen molar-refractivity contribution in [3.8, 4) is 0 Å². The fraction of sp³-hybridized carbons (Fsp3) is 0. The summed E-state index contributed by atoms with van der Waals surface area (Å²) in [6, 6.07) is 0. The summed E-state index contributed by atoms with van der Waals surface area (Å²) in [6.45, 7) is 0. The van der Waals surface area contributed by atoms with Crippen LogP contribution in [0.1, 0.15) is 10.4 Å². The molecule has 0 fully saturated rings. The van der Waals surface area contributed by atoms with E-state index < -0.39 is 5.56 Å². The van der Waals surface area contributed by atoms with E-state index in [9.17, 15) is 9.59 Å². The first-order valence-electron chi connectivity index (χ1n) is 3.34. The van der Waals surface area contributed by atoms with Crippen molar-refractivity contribution in [3.63, 3.8) is 0 Å². The molecule has 0 amide bonds. The molecule has 0 saturated carbocycles. The van der Waals surface area contributed by atoms with Crippen LogP contribution in [0.15, 0.2) is 16.4 Å². The average molecular weight is 215 g/mol. The number of carbonyl (C=O) groups excluding carboxylic acids is 1. The molecular formula is C7H3ClN2O2S. The van der Waals surface area contributed by atoms with Crippen LogP contribution in [0.25, 0.3) is 4.96 Å². The minimum atomic E-state index is -0.425. The molecule has 2 heterocycles. The maximum absolute atomic E-state index is 11.5. The molecule has 2 aromatic rings. The Balaban J connectivity index is 3.01.